The van der Waals surface area contributed by atoms with E-state index in [1.807, 2.05) is 0 Å². The van der Waals surface area contributed by atoms with Crippen molar-refractivity contribution in [2.75, 3.05) is 0 Å². The van der Waals surface area contributed by atoms with Gasteiger partial charge in [0, 0.05) is 0 Å². The van der Waals surface area contributed by atoms with Gasteiger partial charge in [-0.1, -0.05) is 6.07 Å². The second-order valence-electron chi connectivity index (χ2n) is 4.32. The summed E-state index contributed by atoms with van der Waals surface area (Å²) in [5.74, 6) is -0.687. The van der Waals surface area contributed by atoms with Gasteiger partial charge in [0.2, 0.25) is 0 Å². The number of ether oxygens (including phenoxy) is 1. The third-order valence-electron chi connectivity index (χ3n) is 2.80. The van der Waals surface area contributed by atoms with Crippen LogP contribution >= 0.6 is 15.9 Å². The van der Waals surface area contributed by atoms with Crippen LogP contribution in [-0.4, -0.2) is 11.1 Å². The molecule has 0 saturated carbocycles. The van der Waals surface area contributed by atoms with Crippen LogP contribution < -0.4 is 4.74 Å². The summed E-state index contributed by atoms with van der Waals surface area (Å²) in [5, 5.41) is 8.88. The van der Waals surface area contributed by atoms with Crippen molar-refractivity contribution in [2.45, 2.75) is 13.5 Å². The first-order valence-electron chi connectivity index (χ1n) is 5.88. The summed E-state index contributed by atoms with van der Waals surface area (Å²) in [5.41, 5.74) is 1.78. The quantitative estimate of drug-likeness (QED) is 0.909. The van der Waals surface area contributed by atoms with Gasteiger partial charge in [0.15, 0.2) is 0 Å². The van der Waals surface area contributed by atoms with E-state index in [9.17, 15) is 9.18 Å². The molecule has 2 aromatic carbocycles. The molecule has 0 bridgehead atoms. The Morgan fingerprint density at radius 2 is 2.05 bits per heavy atom. The molecule has 20 heavy (non-hydrogen) atoms. The molecule has 0 radical (unpaired) electrons. The third-order valence-corrected chi connectivity index (χ3v) is 3.41. The van der Waals surface area contributed by atoms with Crippen LogP contribution in [-0.2, 0) is 6.61 Å². The van der Waals surface area contributed by atoms with Gasteiger partial charge < -0.3 is 9.84 Å². The summed E-state index contributed by atoms with van der Waals surface area (Å²) in [4.78, 5) is 10.8. The number of hydrogen-bond donors (Lipinski definition) is 1. The lowest BCUT2D eigenvalue weighted by molar-refractivity contribution is 0.0696. The molecule has 2 rings (SSSR count). The summed E-state index contributed by atoms with van der Waals surface area (Å²) in [7, 11) is 0. The highest BCUT2D eigenvalue weighted by Crippen LogP contribution is 2.22. The molecule has 2 aromatic rings. The number of aryl methyl sites for hydroxylation is 1. The standard InChI is InChI=1S/C15H12BrFO3/c1-9-6-11(15(18)19)3-5-14(9)20-8-10-2-4-13(17)12(16)7-10/h2-7H,8H2,1H3,(H,18,19). The smallest absolute Gasteiger partial charge is 0.335 e. The first kappa shape index (κ1) is 14.5. The molecule has 0 aliphatic rings. The second kappa shape index (κ2) is 6.05. The van der Waals surface area contributed by atoms with Gasteiger partial charge in [-0.15, -0.1) is 0 Å². The normalized spacial score (nSPS) is 10.3. The SMILES string of the molecule is Cc1cc(C(=O)O)ccc1OCc1ccc(F)c(Br)c1. The highest BCUT2D eigenvalue weighted by Gasteiger charge is 2.07. The van der Waals surface area contributed by atoms with Crippen molar-refractivity contribution >= 4 is 21.9 Å². The molecule has 0 fully saturated rings. The van der Waals surface area contributed by atoms with Crippen LogP contribution in [0.4, 0.5) is 4.39 Å². The molecule has 0 aromatic heterocycles. The highest BCUT2D eigenvalue weighted by atomic mass is 79.9. The Hall–Kier alpha value is -1.88. The Morgan fingerprint density at radius 1 is 1.30 bits per heavy atom. The van der Waals surface area contributed by atoms with E-state index in [0.717, 1.165) is 11.1 Å². The number of halogens is 2. The van der Waals surface area contributed by atoms with Crippen molar-refractivity contribution in [3.63, 3.8) is 0 Å². The number of aromatic carboxylic acids is 1. The fraction of sp³-hybridized carbons (Fsp3) is 0.133. The molecule has 0 unspecified atom stereocenters. The van der Waals surface area contributed by atoms with E-state index >= 15 is 0 Å². The molecule has 0 atom stereocenters. The van der Waals surface area contributed by atoms with Crippen LogP contribution in [0.3, 0.4) is 0 Å². The molecular weight excluding hydrogens is 327 g/mol. The molecule has 0 aliphatic carbocycles. The fourth-order valence-electron chi connectivity index (χ4n) is 1.73. The molecule has 104 valence electrons. The van der Waals surface area contributed by atoms with Crippen LogP contribution in [0, 0.1) is 12.7 Å². The summed E-state index contributed by atoms with van der Waals surface area (Å²) >= 11 is 3.12. The average Bonchev–Trinajstić information content (AvgIpc) is 2.41. The Labute approximate surface area is 124 Å². The van der Waals surface area contributed by atoms with Gasteiger partial charge >= 0.3 is 5.97 Å². The van der Waals surface area contributed by atoms with Crippen LogP contribution in [0.1, 0.15) is 21.5 Å². The van der Waals surface area contributed by atoms with E-state index in [1.54, 1.807) is 31.2 Å². The summed E-state index contributed by atoms with van der Waals surface area (Å²) < 4.78 is 19.1. The molecule has 0 spiro atoms. The molecular formula is C15H12BrFO3. The molecule has 1 N–H and O–H groups in total. The maximum Gasteiger partial charge on any atom is 0.335 e. The van der Waals surface area contributed by atoms with Crippen molar-refractivity contribution in [3.05, 3.63) is 63.4 Å². The number of hydrogen-bond acceptors (Lipinski definition) is 2. The summed E-state index contributed by atoms with van der Waals surface area (Å²) in [6.45, 7) is 2.06. The lowest BCUT2D eigenvalue weighted by Crippen LogP contribution is -2.00. The van der Waals surface area contributed by atoms with Gasteiger partial charge in [-0.2, -0.15) is 0 Å². The van der Waals surface area contributed by atoms with Gasteiger partial charge in [0.05, 0.1) is 10.0 Å². The molecule has 3 nitrogen and oxygen atoms in total. The molecule has 0 saturated heterocycles. The van der Waals surface area contributed by atoms with Crippen LogP contribution in [0.15, 0.2) is 40.9 Å². The van der Waals surface area contributed by atoms with Crippen molar-refractivity contribution in [3.8, 4) is 5.75 Å². The average molecular weight is 339 g/mol. The Balaban J connectivity index is 2.10. The molecule has 0 heterocycles. The first-order valence-corrected chi connectivity index (χ1v) is 6.67. The first-order chi connectivity index (χ1) is 9.47. The number of carbonyl (C=O) groups is 1. The number of carboxylic acid groups (broad SMARTS) is 1. The van der Waals surface area contributed by atoms with E-state index in [2.05, 4.69) is 15.9 Å². The lowest BCUT2D eigenvalue weighted by Gasteiger charge is -2.10. The Kier molecular flexibility index (Phi) is 4.39. The number of benzene rings is 2. The third kappa shape index (κ3) is 3.36. The van der Waals surface area contributed by atoms with E-state index in [1.165, 1.54) is 12.1 Å². The highest BCUT2D eigenvalue weighted by molar-refractivity contribution is 9.10. The molecule has 5 heteroatoms. The maximum atomic E-state index is 13.1. The predicted molar refractivity (Wildman–Crippen MR) is 76.6 cm³/mol. The van der Waals surface area contributed by atoms with Gasteiger partial charge in [-0.05, 0) is 64.3 Å². The summed E-state index contributed by atoms with van der Waals surface area (Å²) in [6.07, 6.45) is 0. The van der Waals surface area contributed by atoms with E-state index in [-0.39, 0.29) is 18.0 Å². The zero-order chi connectivity index (χ0) is 14.7. The predicted octanol–water partition coefficient (Wildman–Crippen LogP) is 4.17. The second-order valence-corrected chi connectivity index (χ2v) is 5.18. The monoisotopic (exact) mass is 338 g/mol. The minimum absolute atomic E-state index is 0.222. The Morgan fingerprint density at radius 3 is 2.65 bits per heavy atom. The number of rotatable bonds is 4. The minimum Gasteiger partial charge on any atom is -0.489 e. The van der Waals surface area contributed by atoms with Crippen LogP contribution in [0.25, 0.3) is 0 Å². The van der Waals surface area contributed by atoms with E-state index < -0.39 is 5.97 Å². The van der Waals surface area contributed by atoms with E-state index in [4.69, 9.17) is 9.84 Å². The van der Waals surface area contributed by atoms with E-state index in [0.29, 0.717) is 10.2 Å². The lowest BCUT2D eigenvalue weighted by atomic mass is 10.1. The van der Waals surface area contributed by atoms with Gasteiger partial charge in [0.1, 0.15) is 18.2 Å². The van der Waals surface area contributed by atoms with Crippen molar-refractivity contribution < 1.29 is 19.0 Å². The van der Waals surface area contributed by atoms with Crippen molar-refractivity contribution in [2.24, 2.45) is 0 Å². The minimum atomic E-state index is -0.970. The van der Waals surface area contributed by atoms with Crippen molar-refractivity contribution in [1.82, 2.24) is 0 Å². The zero-order valence-electron chi connectivity index (χ0n) is 10.7. The summed E-state index contributed by atoms with van der Waals surface area (Å²) in [6, 6.07) is 9.32. The van der Waals surface area contributed by atoms with Crippen LogP contribution in [0.5, 0.6) is 5.75 Å². The van der Waals surface area contributed by atoms with Gasteiger partial charge in [-0.25, -0.2) is 9.18 Å². The van der Waals surface area contributed by atoms with Gasteiger partial charge in [-0.3, -0.25) is 0 Å². The van der Waals surface area contributed by atoms with Crippen molar-refractivity contribution in [1.29, 1.82) is 0 Å². The largest absolute Gasteiger partial charge is 0.489 e. The maximum absolute atomic E-state index is 13.1. The number of carboxylic acids is 1. The van der Waals surface area contributed by atoms with Crippen LogP contribution in [0.2, 0.25) is 0 Å². The molecule has 0 aliphatic heterocycles. The molecule has 0 amide bonds. The zero-order valence-corrected chi connectivity index (χ0v) is 12.3. The topological polar surface area (TPSA) is 46.5 Å². The Bertz CT molecular complexity index is 656. The van der Waals surface area contributed by atoms with Gasteiger partial charge in [0.25, 0.3) is 0 Å². The fourth-order valence-corrected chi connectivity index (χ4v) is 2.16.